The van der Waals surface area contributed by atoms with Crippen LogP contribution in [0.3, 0.4) is 0 Å². The second-order valence-corrected chi connectivity index (χ2v) is 9.30. The van der Waals surface area contributed by atoms with E-state index in [1.807, 2.05) is 64.0 Å². The Bertz CT molecular complexity index is 847. The molecule has 0 aliphatic heterocycles. The van der Waals surface area contributed by atoms with E-state index in [4.69, 9.17) is 4.74 Å². The highest BCUT2D eigenvalue weighted by molar-refractivity contribution is 6.99. The molecule has 2 amide bonds. The Kier molecular flexibility index (Phi) is 7.54. The first kappa shape index (κ1) is 23.8. The van der Waals surface area contributed by atoms with Crippen molar-refractivity contribution in [1.82, 2.24) is 23.9 Å². The predicted octanol–water partition coefficient (Wildman–Crippen LogP) is 2.42. The van der Waals surface area contributed by atoms with E-state index in [2.05, 4.69) is 14.1 Å². The van der Waals surface area contributed by atoms with Crippen LogP contribution in [0.5, 0.6) is 5.75 Å². The van der Waals surface area contributed by atoms with Crippen molar-refractivity contribution in [3.8, 4) is 5.75 Å². The van der Waals surface area contributed by atoms with Gasteiger partial charge in [-0.15, -0.1) is 0 Å². The van der Waals surface area contributed by atoms with Crippen molar-refractivity contribution in [3.05, 3.63) is 41.7 Å². The number of nitrogens with zero attached hydrogens (tertiary/aromatic N) is 4. The van der Waals surface area contributed by atoms with Gasteiger partial charge in [-0.3, -0.25) is 9.59 Å². The molecular weight excluding hydrogens is 402 g/mol. The lowest BCUT2D eigenvalue weighted by Crippen LogP contribution is -2.65. The van der Waals surface area contributed by atoms with Gasteiger partial charge in [0.25, 0.3) is 5.91 Å². The van der Waals surface area contributed by atoms with Crippen LogP contribution in [0.25, 0.3) is 0 Å². The summed E-state index contributed by atoms with van der Waals surface area (Å²) in [4.78, 5) is 30.4. The Morgan fingerprint density at radius 1 is 1.13 bits per heavy atom. The number of carbonyl (C=O) groups excluding carboxylic acids is 2. The van der Waals surface area contributed by atoms with Crippen LogP contribution in [0.1, 0.15) is 43.7 Å². The van der Waals surface area contributed by atoms with Crippen molar-refractivity contribution in [3.63, 3.8) is 0 Å². The fourth-order valence-corrected chi connectivity index (χ4v) is 3.56. The zero-order valence-electron chi connectivity index (χ0n) is 18.7. The molecule has 1 unspecified atom stereocenters. The quantitative estimate of drug-likeness (QED) is 0.688. The highest BCUT2D eigenvalue weighted by Gasteiger charge is 2.44. The summed E-state index contributed by atoms with van der Waals surface area (Å²) in [5.41, 5.74) is -0.484. The molecule has 2 rings (SSSR count). The van der Waals surface area contributed by atoms with E-state index >= 15 is 0 Å². The number of hydrogen-bond acceptors (Lipinski definition) is 7. The lowest BCUT2D eigenvalue weighted by molar-refractivity contribution is -0.134. The molecule has 0 fully saturated rings. The summed E-state index contributed by atoms with van der Waals surface area (Å²) in [5.74, 6) is 0.156. The van der Waals surface area contributed by atoms with E-state index < -0.39 is 11.1 Å². The summed E-state index contributed by atoms with van der Waals surface area (Å²) in [6.45, 7) is 8.12. The smallest absolute Gasteiger partial charge is 0.276 e. The second kappa shape index (κ2) is 9.53. The highest BCUT2D eigenvalue weighted by atomic mass is 32.1. The van der Waals surface area contributed by atoms with Crippen molar-refractivity contribution in [2.75, 3.05) is 27.7 Å². The first-order chi connectivity index (χ1) is 14.0. The first-order valence-electron chi connectivity index (χ1n) is 9.66. The van der Waals surface area contributed by atoms with Crippen LogP contribution in [0.4, 0.5) is 0 Å². The molecule has 0 saturated heterocycles. The number of hydrogen-bond donors (Lipinski definition) is 1. The van der Waals surface area contributed by atoms with Crippen LogP contribution in [0.2, 0.25) is 0 Å². The summed E-state index contributed by atoms with van der Waals surface area (Å²) in [5, 5.41) is 3.04. The molecule has 1 N–H and O–H groups in total. The monoisotopic (exact) mass is 433 g/mol. The topological polar surface area (TPSA) is 87.7 Å². The zero-order valence-corrected chi connectivity index (χ0v) is 19.5. The number of aromatic nitrogens is 2. The first-order valence-corrected chi connectivity index (χ1v) is 10.4. The van der Waals surface area contributed by atoms with E-state index in [1.54, 1.807) is 18.9 Å². The Balaban J connectivity index is 2.50. The molecule has 0 spiro atoms. The highest BCUT2D eigenvalue weighted by Crippen LogP contribution is 2.25. The molecule has 1 aromatic carbocycles. The minimum absolute atomic E-state index is 0.224. The Morgan fingerprint density at radius 3 is 2.23 bits per heavy atom. The Hall–Kier alpha value is -2.52. The van der Waals surface area contributed by atoms with Crippen molar-refractivity contribution in [1.29, 1.82) is 0 Å². The number of benzene rings is 1. The molecule has 0 aliphatic rings. The molecule has 9 heteroatoms. The number of likely N-dealkylation sites (N-methyl/N-ethyl adjacent to an activating group) is 1. The van der Waals surface area contributed by atoms with Gasteiger partial charge in [0.05, 0.1) is 25.0 Å². The number of carbonyl (C=O) groups is 2. The van der Waals surface area contributed by atoms with Gasteiger partial charge >= 0.3 is 0 Å². The van der Waals surface area contributed by atoms with Gasteiger partial charge in [0.2, 0.25) is 5.91 Å². The molecule has 8 nitrogen and oxygen atoms in total. The third-order valence-electron chi connectivity index (χ3n) is 4.52. The molecule has 1 atom stereocenters. The van der Waals surface area contributed by atoms with Gasteiger partial charge in [0.1, 0.15) is 11.3 Å². The Labute approximate surface area is 182 Å². The standard InChI is InChI=1S/C21H31N5O3S/c1-20(2,3)23-19(28)21(4,14-25(5)6)26(18(27)17-12-22-30-24-17)13-15-8-10-16(29-7)11-9-15/h8-12H,13-14H2,1-7H3,(H,23,28). The van der Waals surface area contributed by atoms with E-state index in [0.29, 0.717) is 6.54 Å². The zero-order chi connectivity index (χ0) is 22.5. The summed E-state index contributed by atoms with van der Waals surface area (Å²) in [6, 6.07) is 7.44. The number of rotatable bonds is 8. The molecular formula is C21H31N5O3S. The molecule has 30 heavy (non-hydrogen) atoms. The number of amides is 2. The normalized spacial score (nSPS) is 13.6. The molecule has 0 saturated carbocycles. The van der Waals surface area contributed by atoms with Crippen molar-refractivity contribution in [2.24, 2.45) is 0 Å². The Morgan fingerprint density at radius 2 is 1.77 bits per heavy atom. The van der Waals surface area contributed by atoms with Crippen LogP contribution in [0.15, 0.2) is 30.5 Å². The van der Waals surface area contributed by atoms with Crippen molar-refractivity contribution in [2.45, 2.75) is 45.3 Å². The van der Waals surface area contributed by atoms with Crippen LogP contribution < -0.4 is 10.1 Å². The number of ether oxygens (including phenoxy) is 1. The fraction of sp³-hybridized carbons (Fsp3) is 0.524. The average Bonchev–Trinajstić information content (AvgIpc) is 3.18. The molecule has 2 aromatic rings. The lowest BCUT2D eigenvalue weighted by atomic mass is 9.94. The minimum Gasteiger partial charge on any atom is -0.497 e. The molecule has 0 aliphatic carbocycles. The number of methoxy groups -OCH3 is 1. The van der Waals surface area contributed by atoms with Gasteiger partial charge in [-0.1, -0.05) is 12.1 Å². The molecule has 0 radical (unpaired) electrons. The van der Waals surface area contributed by atoms with E-state index in [9.17, 15) is 9.59 Å². The maximum atomic E-state index is 13.4. The van der Waals surface area contributed by atoms with Gasteiger partial charge in [0, 0.05) is 18.6 Å². The van der Waals surface area contributed by atoms with Crippen LogP contribution in [-0.2, 0) is 11.3 Å². The maximum absolute atomic E-state index is 13.4. The predicted molar refractivity (Wildman–Crippen MR) is 118 cm³/mol. The largest absolute Gasteiger partial charge is 0.497 e. The number of nitrogens with one attached hydrogen (secondary N) is 1. The van der Waals surface area contributed by atoms with Gasteiger partial charge in [-0.2, -0.15) is 8.75 Å². The SMILES string of the molecule is COc1ccc(CN(C(=O)c2cnsn2)C(C)(CN(C)C)C(=O)NC(C)(C)C)cc1. The van der Waals surface area contributed by atoms with Crippen LogP contribution in [-0.4, -0.2) is 69.2 Å². The molecule has 164 valence electrons. The molecule has 1 aromatic heterocycles. The van der Waals surface area contributed by atoms with Gasteiger partial charge in [0.15, 0.2) is 5.69 Å². The third kappa shape index (κ3) is 5.99. The van der Waals surface area contributed by atoms with E-state index in [-0.39, 0.29) is 24.1 Å². The summed E-state index contributed by atoms with van der Waals surface area (Å²) in [7, 11) is 5.36. The minimum atomic E-state index is -1.14. The van der Waals surface area contributed by atoms with Gasteiger partial charge < -0.3 is 19.9 Å². The van der Waals surface area contributed by atoms with Crippen LogP contribution >= 0.6 is 11.7 Å². The molecule has 1 heterocycles. The van der Waals surface area contributed by atoms with Crippen molar-refractivity contribution >= 4 is 23.5 Å². The van der Waals surface area contributed by atoms with E-state index in [1.165, 1.54) is 6.20 Å². The summed E-state index contributed by atoms with van der Waals surface area (Å²) in [6.07, 6.45) is 1.44. The maximum Gasteiger partial charge on any atom is 0.276 e. The lowest BCUT2D eigenvalue weighted by Gasteiger charge is -2.42. The second-order valence-electron chi connectivity index (χ2n) is 8.75. The average molecular weight is 434 g/mol. The third-order valence-corrected chi connectivity index (χ3v) is 5.00. The fourth-order valence-electron chi connectivity index (χ4n) is 3.15. The van der Waals surface area contributed by atoms with Gasteiger partial charge in [-0.25, -0.2) is 0 Å². The van der Waals surface area contributed by atoms with Crippen molar-refractivity contribution < 1.29 is 14.3 Å². The summed E-state index contributed by atoms with van der Waals surface area (Å²) >= 11 is 0.964. The van der Waals surface area contributed by atoms with Gasteiger partial charge in [-0.05, 0) is 59.5 Å². The summed E-state index contributed by atoms with van der Waals surface area (Å²) < 4.78 is 13.3. The van der Waals surface area contributed by atoms with Crippen LogP contribution in [0, 0.1) is 0 Å². The van der Waals surface area contributed by atoms with E-state index in [0.717, 1.165) is 23.0 Å². The molecule has 0 bridgehead atoms.